The van der Waals surface area contributed by atoms with Gasteiger partial charge in [-0.1, -0.05) is 42.5 Å². The van der Waals surface area contributed by atoms with Gasteiger partial charge < -0.3 is 10.6 Å². The molecule has 0 saturated heterocycles. The molecule has 1 aromatic heterocycles. The van der Waals surface area contributed by atoms with Crippen LogP contribution in [0.25, 0.3) is 0 Å². The average molecular weight is 332 g/mol. The lowest BCUT2D eigenvalue weighted by molar-refractivity contribution is 0.867. The van der Waals surface area contributed by atoms with E-state index in [2.05, 4.69) is 71.7 Å². The molecule has 0 aliphatic carbocycles. The van der Waals surface area contributed by atoms with Crippen molar-refractivity contribution in [2.24, 2.45) is 0 Å². The van der Waals surface area contributed by atoms with E-state index in [-0.39, 0.29) is 6.04 Å². The summed E-state index contributed by atoms with van der Waals surface area (Å²) in [6, 6.07) is 18.7. The Balaban J connectivity index is 1.82. The minimum Gasteiger partial charge on any atom is -0.363 e. The Morgan fingerprint density at radius 1 is 0.840 bits per heavy atom. The molecule has 128 valence electrons. The van der Waals surface area contributed by atoms with Gasteiger partial charge in [0, 0.05) is 17.8 Å². The van der Waals surface area contributed by atoms with Gasteiger partial charge in [0.05, 0.1) is 0 Å². The molecule has 1 heterocycles. The Bertz CT molecular complexity index is 859. The molecule has 3 aromatic rings. The molecule has 0 spiro atoms. The topological polar surface area (TPSA) is 49.8 Å². The zero-order valence-electron chi connectivity index (χ0n) is 15.2. The Hall–Kier alpha value is -2.88. The monoisotopic (exact) mass is 332 g/mol. The lowest BCUT2D eigenvalue weighted by Crippen LogP contribution is -2.09. The molecular weight excluding hydrogens is 308 g/mol. The lowest BCUT2D eigenvalue weighted by atomic mass is 10.1. The second-order valence-corrected chi connectivity index (χ2v) is 6.33. The van der Waals surface area contributed by atoms with E-state index in [1.165, 1.54) is 16.7 Å². The molecule has 3 rings (SSSR count). The molecular formula is C21H24N4. The van der Waals surface area contributed by atoms with Gasteiger partial charge in [-0.2, -0.15) is 0 Å². The summed E-state index contributed by atoms with van der Waals surface area (Å²) in [7, 11) is 0. The van der Waals surface area contributed by atoms with Gasteiger partial charge in [0.25, 0.3) is 0 Å². The summed E-state index contributed by atoms with van der Waals surface area (Å²) in [6.45, 7) is 8.26. The van der Waals surface area contributed by atoms with Crippen molar-refractivity contribution in [1.29, 1.82) is 0 Å². The normalized spacial score (nSPS) is 11.8. The Labute approximate surface area is 149 Å². The van der Waals surface area contributed by atoms with E-state index in [4.69, 9.17) is 0 Å². The Kier molecular flexibility index (Phi) is 4.98. The van der Waals surface area contributed by atoms with E-state index < -0.39 is 0 Å². The molecule has 0 radical (unpaired) electrons. The molecule has 0 aliphatic rings. The summed E-state index contributed by atoms with van der Waals surface area (Å²) in [5, 5.41) is 6.88. The summed E-state index contributed by atoms with van der Waals surface area (Å²) in [5.74, 6) is 2.35. The van der Waals surface area contributed by atoms with Crippen LogP contribution in [0.5, 0.6) is 0 Å². The molecule has 0 amide bonds. The number of aromatic nitrogens is 2. The van der Waals surface area contributed by atoms with Gasteiger partial charge in [-0.15, -0.1) is 0 Å². The molecule has 4 nitrogen and oxygen atoms in total. The van der Waals surface area contributed by atoms with Gasteiger partial charge in [-0.3, -0.25) is 0 Å². The van der Waals surface area contributed by atoms with E-state index >= 15 is 0 Å². The van der Waals surface area contributed by atoms with Crippen LogP contribution in [0.4, 0.5) is 17.3 Å². The van der Waals surface area contributed by atoms with Crippen LogP contribution < -0.4 is 10.6 Å². The SMILES string of the molecule is Cc1nc(Nc2cccc(C)c2C)cc(NC(C)c2ccccc2)n1. The lowest BCUT2D eigenvalue weighted by Gasteiger charge is -2.17. The van der Waals surface area contributed by atoms with Crippen LogP contribution in [0.2, 0.25) is 0 Å². The first-order valence-corrected chi connectivity index (χ1v) is 8.53. The van der Waals surface area contributed by atoms with Crippen molar-refractivity contribution in [2.45, 2.75) is 33.7 Å². The zero-order valence-corrected chi connectivity index (χ0v) is 15.2. The van der Waals surface area contributed by atoms with Gasteiger partial charge >= 0.3 is 0 Å². The maximum atomic E-state index is 4.52. The first-order chi connectivity index (χ1) is 12.0. The van der Waals surface area contributed by atoms with Gasteiger partial charge in [0.15, 0.2) is 0 Å². The molecule has 0 bridgehead atoms. The average Bonchev–Trinajstić information content (AvgIpc) is 2.59. The van der Waals surface area contributed by atoms with Crippen LogP contribution in [-0.2, 0) is 0 Å². The fourth-order valence-corrected chi connectivity index (χ4v) is 2.78. The van der Waals surface area contributed by atoms with Crippen LogP contribution in [0, 0.1) is 20.8 Å². The van der Waals surface area contributed by atoms with E-state index in [0.29, 0.717) is 0 Å². The van der Waals surface area contributed by atoms with Gasteiger partial charge in [0.2, 0.25) is 0 Å². The van der Waals surface area contributed by atoms with Crippen molar-refractivity contribution in [3.05, 3.63) is 77.1 Å². The van der Waals surface area contributed by atoms with Gasteiger partial charge in [0.1, 0.15) is 17.5 Å². The fourth-order valence-electron chi connectivity index (χ4n) is 2.78. The molecule has 4 heteroatoms. The first kappa shape index (κ1) is 17.0. The number of hydrogen-bond donors (Lipinski definition) is 2. The minimum absolute atomic E-state index is 0.170. The second-order valence-electron chi connectivity index (χ2n) is 6.33. The maximum Gasteiger partial charge on any atom is 0.136 e. The Morgan fingerprint density at radius 3 is 2.32 bits per heavy atom. The van der Waals surface area contributed by atoms with Crippen LogP contribution in [0.3, 0.4) is 0 Å². The largest absolute Gasteiger partial charge is 0.363 e. The van der Waals surface area contributed by atoms with E-state index in [1.54, 1.807) is 0 Å². The summed E-state index contributed by atoms with van der Waals surface area (Å²) in [6.07, 6.45) is 0. The number of rotatable bonds is 5. The van der Waals surface area contributed by atoms with Crippen LogP contribution in [-0.4, -0.2) is 9.97 Å². The van der Waals surface area contributed by atoms with E-state index in [1.807, 2.05) is 31.2 Å². The highest BCUT2D eigenvalue weighted by Gasteiger charge is 2.09. The summed E-state index contributed by atoms with van der Waals surface area (Å²) in [5.41, 5.74) is 4.78. The molecule has 1 atom stereocenters. The highest BCUT2D eigenvalue weighted by Crippen LogP contribution is 2.24. The van der Waals surface area contributed by atoms with Crippen molar-refractivity contribution in [1.82, 2.24) is 9.97 Å². The summed E-state index contributed by atoms with van der Waals surface area (Å²) >= 11 is 0. The molecule has 1 unspecified atom stereocenters. The summed E-state index contributed by atoms with van der Waals surface area (Å²) < 4.78 is 0. The van der Waals surface area contributed by atoms with Gasteiger partial charge in [-0.25, -0.2) is 9.97 Å². The van der Waals surface area contributed by atoms with Crippen molar-refractivity contribution < 1.29 is 0 Å². The summed E-state index contributed by atoms with van der Waals surface area (Å²) in [4.78, 5) is 9.04. The number of hydrogen-bond acceptors (Lipinski definition) is 4. The predicted octanol–water partition coefficient (Wildman–Crippen LogP) is 5.32. The second kappa shape index (κ2) is 7.34. The third-order valence-electron chi connectivity index (χ3n) is 4.37. The molecule has 2 N–H and O–H groups in total. The number of anilines is 3. The number of aryl methyl sites for hydroxylation is 2. The van der Waals surface area contributed by atoms with E-state index in [9.17, 15) is 0 Å². The third kappa shape index (κ3) is 4.15. The van der Waals surface area contributed by atoms with Crippen LogP contribution in [0.1, 0.15) is 35.5 Å². The molecule has 2 aromatic carbocycles. The van der Waals surface area contributed by atoms with Crippen molar-refractivity contribution in [2.75, 3.05) is 10.6 Å². The van der Waals surface area contributed by atoms with Crippen molar-refractivity contribution in [3.8, 4) is 0 Å². The Morgan fingerprint density at radius 2 is 1.56 bits per heavy atom. The zero-order chi connectivity index (χ0) is 17.8. The minimum atomic E-state index is 0.170. The highest BCUT2D eigenvalue weighted by atomic mass is 15.1. The van der Waals surface area contributed by atoms with Crippen LogP contribution in [0.15, 0.2) is 54.6 Å². The fraction of sp³-hybridized carbons (Fsp3) is 0.238. The quantitative estimate of drug-likeness (QED) is 0.664. The molecule has 0 fully saturated rings. The molecule has 25 heavy (non-hydrogen) atoms. The first-order valence-electron chi connectivity index (χ1n) is 8.53. The standard InChI is InChI=1S/C21H24N4/c1-14-9-8-12-19(15(14)2)25-21-13-20(23-17(4)24-21)22-16(3)18-10-6-5-7-11-18/h5-13,16H,1-4H3,(H2,22,23,24,25). The third-order valence-corrected chi connectivity index (χ3v) is 4.37. The van der Waals surface area contributed by atoms with E-state index in [0.717, 1.165) is 23.1 Å². The molecule has 0 saturated carbocycles. The molecule has 0 aliphatic heterocycles. The van der Waals surface area contributed by atoms with Crippen LogP contribution >= 0.6 is 0 Å². The smallest absolute Gasteiger partial charge is 0.136 e. The maximum absolute atomic E-state index is 4.52. The van der Waals surface area contributed by atoms with Crippen molar-refractivity contribution in [3.63, 3.8) is 0 Å². The van der Waals surface area contributed by atoms with Gasteiger partial charge in [-0.05, 0) is 50.5 Å². The predicted molar refractivity (Wildman–Crippen MR) is 104 cm³/mol. The number of nitrogens with one attached hydrogen (secondary N) is 2. The van der Waals surface area contributed by atoms with Crippen molar-refractivity contribution >= 4 is 17.3 Å². The highest BCUT2D eigenvalue weighted by molar-refractivity contribution is 5.63. The number of benzene rings is 2. The number of nitrogens with zero attached hydrogens (tertiary/aromatic N) is 2.